The van der Waals surface area contributed by atoms with Crippen molar-refractivity contribution in [2.24, 2.45) is 0 Å². The van der Waals surface area contributed by atoms with Crippen molar-refractivity contribution < 1.29 is 4.39 Å². The third-order valence-electron chi connectivity index (χ3n) is 1.64. The van der Waals surface area contributed by atoms with Crippen molar-refractivity contribution in [2.45, 2.75) is 19.9 Å². The molecule has 0 spiro atoms. The van der Waals surface area contributed by atoms with Crippen LogP contribution in [-0.2, 0) is 0 Å². The SMILES string of the molecule is CC.CN1CCN[C@@H](CF)C1. The number of alkyl halides is 1. The monoisotopic (exact) mass is 162 g/mol. The number of hydrogen-bond acceptors (Lipinski definition) is 2. The highest BCUT2D eigenvalue weighted by atomic mass is 19.1. The van der Waals surface area contributed by atoms with Gasteiger partial charge in [0.2, 0.25) is 0 Å². The van der Waals surface area contributed by atoms with Gasteiger partial charge in [-0.05, 0) is 7.05 Å². The molecule has 3 heteroatoms. The van der Waals surface area contributed by atoms with Gasteiger partial charge < -0.3 is 10.2 Å². The molecule has 11 heavy (non-hydrogen) atoms. The molecule has 0 amide bonds. The van der Waals surface area contributed by atoms with E-state index in [4.69, 9.17) is 0 Å². The van der Waals surface area contributed by atoms with Crippen LogP contribution in [-0.4, -0.2) is 44.3 Å². The van der Waals surface area contributed by atoms with Crippen LogP contribution in [0.5, 0.6) is 0 Å². The van der Waals surface area contributed by atoms with E-state index >= 15 is 0 Å². The van der Waals surface area contributed by atoms with Gasteiger partial charge in [-0.2, -0.15) is 0 Å². The molecular weight excluding hydrogens is 143 g/mol. The van der Waals surface area contributed by atoms with Gasteiger partial charge in [-0.1, -0.05) is 13.8 Å². The molecule has 0 aromatic carbocycles. The lowest BCUT2D eigenvalue weighted by Crippen LogP contribution is -2.49. The van der Waals surface area contributed by atoms with Crippen LogP contribution in [0.15, 0.2) is 0 Å². The fourth-order valence-electron chi connectivity index (χ4n) is 1.09. The number of nitrogens with one attached hydrogen (secondary N) is 1. The van der Waals surface area contributed by atoms with E-state index in [9.17, 15) is 4.39 Å². The molecule has 0 aliphatic carbocycles. The zero-order valence-corrected chi connectivity index (χ0v) is 7.73. The average molecular weight is 162 g/mol. The Kier molecular flexibility index (Phi) is 6.46. The van der Waals surface area contributed by atoms with E-state index in [1.807, 2.05) is 20.9 Å². The average Bonchev–Trinajstić information content (AvgIpc) is 2.08. The van der Waals surface area contributed by atoms with Gasteiger partial charge in [0.25, 0.3) is 0 Å². The molecule has 1 aliphatic heterocycles. The van der Waals surface area contributed by atoms with Crippen LogP contribution >= 0.6 is 0 Å². The second kappa shape index (κ2) is 6.55. The van der Waals surface area contributed by atoms with E-state index in [0.29, 0.717) is 0 Å². The molecule has 0 radical (unpaired) electrons. The first-order chi connectivity index (χ1) is 5.33. The molecule has 0 unspecified atom stereocenters. The fourth-order valence-corrected chi connectivity index (χ4v) is 1.09. The minimum atomic E-state index is -0.246. The molecule has 1 heterocycles. The third kappa shape index (κ3) is 4.32. The lowest BCUT2D eigenvalue weighted by atomic mass is 10.2. The molecule has 0 aromatic heterocycles. The maximum Gasteiger partial charge on any atom is 0.106 e. The smallest absolute Gasteiger partial charge is 0.106 e. The Bertz CT molecular complexity index is 88.2. The van der Waals surface area contributed by atoms with Crippen LogP contribution in [0.2, 0.25) is 0 Å². The van der Waals surface area contributed by atoms with E-state index < -0.39 is 0 Å². The number of hydrogen-bond donors (Lipinski definition) is 1. The van der Waals surface area contributed by atoms with Crippen molar-refractivity contribution in [2.75, 3.05) is 33.4 Å². The highest BCUT2D eigenvalue weighted by molar-refractivity contribution is 4.75. The van der Waals surface area contributed by atoms with Crippen molar-refractivity contribution >= 4 is 0 Å². The first-order valence-electron chi connectivity index (χ1n) is 4.31. The van der Waals surface area contributed by atoms with Crippen LogP contribution in [0, 0.1) is 0 Å². The predicted molar refractivity (Wildman–Crippen MR) is 46.6 cm³/mol. The Balaban J connectivity index is 0.000000461. The molecule has 0 saturated carbocycles. The predicted octanol–water partition coefficient (Wildman–Crippen LogP) is 0.886. The van der Waals surface area contributed by atoms with E-state index in [2.05, 4.69) is 10.2 Å². The van der Waals surface area contributed by atoms with Gasteiger partial charge in [-0.3, -0.25) is 0 Å². The first-order valence-corrected chi connectivity index (χ1v) is 4.31. The van der Waals surface area contributed by atoms with E-state index in [-0.39, 0.29) is 12.7 Å². The molecule has 0 bridgehead atoms. The summed E-state index contributed by atoms with van der Waals surface area (Å²) in [4.78, 5) is 2.14. The summed E-state index contributed by atoms with van der Waals surface area (Å²) in [6, 6.07) is 0.0729. The molecular formula is C8H19FN2. The summed E-state index contributed by atoms with van der Waals surface area (Å²) in [7, 11) is 2.02. The van der Waals surface area contributed by atoms with Gasteiger partial charge in [-0.25, -0.2) is 4.39 Å². The first kappa shape index (κ1) is 10.8. The van der Waals surface area contributed by atoms with Crippen LogP contribution in [0.4, 0.5) is 4.39 Å². The second-order valence-corrected chi connectivity index (χ2v) is 2.57. The van der Waals surface area contributed by atoms with Crippen molar-refractivity contribution in [1.29, 1.82) is 0 Å². The molecule has 2 nitrogen and oxygen atoms in total. The second-order valence-electron chi connectivity index (χ2n) is 2.57. The summed E-state index contributed by atoms with van der Waals surface area (Å²) in [6.07, 6.45) is 0. The maximum absolute atomic E-state index is 12.0. The molecule has 1 fully saturated rings. The van der Waals surface area contributed by atoms with E-state index in [0.717, 1.165) is 19.6 Å². The van der Waals surface area contributed by atoms with Gasteiger partial charge in [-0.15, -0.1) is 0 Å². The van der Waals surface area contributed by atoms with E-state index in [1.54, 1.807) is 0 Å². The number of halogens is 1. The van der Waals surface area contributed by atoms with Crippen LogP contribution in [0.25, 0.3) is 0 Å². The summed E-state index contributed by atoms with van der Waals surface area (Å²) in [6.45, 7) is 6.56. The fraction of sp³-hybridized carbons (Fsp3) is 1.00. The Hall–Kier alpha value is -0.150. The van der Waals surface area contributed by atoms with Crippen molar-refractivity contribution in [3.05, 3.63) is 0 Å². The van der Waals surface area contributed by atoms with Gasteiger partial charge in [0.15, 0.2) is 0 Å². The Morgan fingerprint density at radius 1 is 1.55 bits per heavy atom. The molecule has 1 aliphatic rings. The molecule has 1 N–H and O–H groups in total. The summed E-state index contributed by atoms with van der Waals surface area (Å²) >= 11 is 0. The van der Waals surface area contributed by atoms with Gasteiger partial charge in [0, 0.05) is 25.7 Å². The summed E-state index contributed by atoms with van der Waals surface area (Å²) in [5, 5.41) is 3.08. The van der Waals surface area contributed by atoms with Crippen LogP contribution in [0.3, 0.4) is 0 Å². The number of nitrogens with zero attached hydrogens (tertiary/aromatic N) is 1. The lowest BCUT2D eigenvalue weighted by Gasteiger charge is -2.28. The summed E-state index contributed by atoms with van der Waals surface area (Å²) in [5.74, 6) is 0. The normalized spacial score (nSPS) is 25.6. The Morgan fingerprint density at radius 2 is 2.18 bits per heavy atom. The number of rotatable bonds is 1. The van der Waals surface area contributed by atoms with Gasteiger partial charge >= 0.3 is 0 Å². The molecule has 1 saturated heterocycles. The minimum absolute atomic E-state index is 0.0729. The molecule has 1 rings (SSSR count). The van der Waals surface area contributed by atoms with Gasteiger partial charge in [0.05, 0.1) is 0 Å². The third-order valence-corrected chi connectivity index (χ3v) is 1.64. The summed E-state index contributed by atoms with van der Waals surface area (Å²) < 4.78 is 12.0. The molecule has 68 valence electrons. The van der Waals surface area contributed by atoms with Crippen molar-refractivity contribution in [3.8, 4) is 0 Å². The highest BCUT2D eigenvalue weighted by Gasteiger charge is 2.14. The zero-order valence-electron chi connectivity index (χ0n) is 7.73. The summed E-state index contributed by atoms with van der Waals surface area (Å²) in [5.41, 5.74) is 0. The maximum atomic E-state index is 12.0. The molecule has 0 aromatic rings. The standard InChI is InChI=1S/C6H13FN2.C2H6/c1-9-3-2-8-6(4-7)5-9;1-2/h6,8H,2-5H2,1H3;1-2H3/t6-;/m0./s1. The minimum Gasteiger partial charge on any atom is -0.309 e. The van der Waals surface area contributed by atoms with E-state index in [1.165, 1.54) is 0 Å². The Morgan fingerprint density at radius 3 is 2.55 bits per heavy atom. The van der Waals surface area contributed by atoms with Crippen molar-refractivity contribution in [1.82, 2.24) is 10.2 Å². The van der Waals surface area contributed by atoms with Crippen LogP contribution in [0.1, 0.15) is 13.8 Å². The van der Waals surface area contributed by atoms with Crippen LogP contribution < -0.4 is 5.32 Å². The molecule has 1 atom stereocenters. The number of likely N-dealkylation sites (N-methyl/N-ethyl adjacent to an activating group) is 1. The zero-order chi connectivity index (χ0) is 8.69. The number of piperazine rings is 1. The van der Waals surface area contributed by atoms with Gasteiger partial charge in [0.1, 0.15) is 6.67 Å². The van der Waals surface area contributed by atoms with Crippen molar-refractivity contribution in [3.63, 3.8) is 0 Å². The highest BCUT2D eigenvalue weighted by Crippen LogP contribution is 1.95. The largest absolute Gasteiger partial charge is 0.309 e. The Labute approximate surface area is 68.8 Å². The topological polar surface area (TPSA) is 15.3 Å². The lowest BCUT2D eigenvalue weighted by molar-refractivity contribution is 0.213. The quantitative estimate of drug-likeness (QED) is 0.616.